The van der Waals surface area contributed by atoms with Crippen LogP contribution in [-0.2, 0) is 24.9 Å². The van der Waals surface area contributed by atoms with Crippen molar-refractivity contribution in [1.82, 2.24) is 25.3 Å². The monoisotopic (exact) mass is 378 g/mol. The van der Waals surface area contributed by atoms with Gasteiger partial charge >= 0.3 is 0 Å². The number of nitrogens with one attached hydrogen (secondary N) is 3. The van der Waals surface area contributed by atoms with Crippen LogP contribution in [0, 0.1) is 0 Å². The predicted molar refractivity (Wildman–Crippen MR) is 108 cm³/mol. The molecule has 0 fully saturated rings. The lowest BCUT2D eigenvalue weighted by atomic mass is 9.92. The lowest BCUT2D eigenvalue weighted by molar-refractivity contribution is 0.102. The van der Waals surface area contributed by atoms with Gasteiger partial charge in [0.1, 0.15) is 5.82 Å². The second-order valence-corrected chi connectivity index (χ2v) is 8.22. The van der Waals surface area contributed by atoms with Gasteiger partial charge in [0.15, 0.2) is 5.69 Å². The van der Waals surface area contributed by atoms with Crippen molar-refractivity contribution in [1.29, 1.82) is 0 Å². The van der Waals surface area contributed by atoms with Crippen LogP contribution < -0.4 is 10.6 Å². The topological polar surface area (TPSA) is 87.6 Å². The van der Waals surface area contributed by atoms with E-state index >= 15 is 0 Å². The summed E-state index contributed by atoms with van der Waals surface area (Å²) in [4.78, 5) is 12.9. The van der Waals surface area contributed by atoms with Gasteiger partial charge in [-0.05, 0) is 5.56 Å². The third kappa shape index (κ3) is 3.71. The predicted octanol–water partition coefficient (Wildman–Crippen LogP) is 2.85. The van der Waals surface area contributed by atoms with Crippen LogP contribution in [0.15, 0.2) is 36.4 Å². The van der Waals surface area contributed by atoms with Crippen molar-refractivity contribution in [2.24, 2.45) is 0 Å². The Kier molecular flexibility index (Phi) is 4.77. The number of benzene rings is 1. The molecule has 0 spiro atoms. The highest BCUT2D eigenvalue weighted by Gasteiger charge is 2.24. The van der Waals surface area contributed by atoms with Crippen molar-refractivity contribution in [3.05, 3.63) is 64.6 Å². The van der Waals surface area contributed by atoms with Gasteiger partial charge in [-0.3, -0.25) is 9.89 Å². The minimum absolute atomic E-state index is 0.114. The fourth-order valence-electron chi connectivity index (χ4n) is 3.35. The zero-order chi connectivity index (χ0) is 19.7. The molecule has 0 atom stereocenters. The van der Waals surface area contributed by atoms with E-state index in [1.54, 1.807) is 0 Å². The van der Waals surface area contributed by atoms with E-state index in [1.165, 1.54) is 0 Å². The molecule has 1 aromatic carbocycles. The molecule has 28 heavy (non-hydrogen) atoms. The van der Waals surface area contributed by atoms with Crippen molar-refractivity contribution >= 4 is 11.7 Å². The maximum absolute atomic E-state index is 12.9. The quantitative estimate of drug-likeness (QED) is 0.651. The molecular formula is C21H26N6O. The molecular weight excluding hydrogens is 352 g/mol. The normalized spacial score (nSPS) is 14.0. The molecule has 7 heteroatoms. The number of fused-ring (bicyclic) bond motifs is 1. The van der Waals surface area contributed by atoms with Crippen molar-refractivity contribution in [2.45, 2.75) is 45.7 Å². The molecule has 2 aromatic heterocycles. The molecule has 0 bridgehead atoms. The average Bonchev–Trinajstić information content (AvgIpc) is 3.27. The first-order valence-electron chi connectivity index (χ1n) is 9.62. The Labute approximate surface area is 164 Å². The Morgan fingerprint density at radius 2 is 2.04 bits per heavy atom. The second-order valence-electron chi connectivity index (χ2n) is 8.22. The smallest absolute Gasteiger partial charge is 0.277 e. The van der Waals surface area contributed by atoms with Crippen molar-refractivity contribution in [3.63, 3.8) is 0 Å². The van der Waals surface area contributed by atoms with Crippen LogP contribution >= 0.6 is 0 Å². The molecule has 146 valence electrons. The van der Waals surface area contributed by atoms with Gasteiger partial charge in [0.25, 0.3) is 5.91 Å². The van der Waals surface area contributed by atoms with E-state index in [9.17, 15) is 4.79 Å². The number of H-pyrrole nitrogens is 1. The summed E-state index contributed by atoms with van der Waals surface area (Å²) in [7, 11) is 0. The van der Waals surface area contributed by atoms with Crippen LogP contribution in [0.1, 0.15) is 53.8 Å². The van der Waals surface area contributed by atoms with E-state index < -0.39 is 0 Å². The molecule has 1 aliphatic heterocycles. The highest BCUT2D eigenvalue weighted by molar-refractivity contribution is 6.03. The Balaban J connectivity index is 1.63. The highest BCUT2D eigenvalue weighted by atomic mass is 16.2. The van der Waals surface area contributed by atoms with Gasteiger partial charge in [-0.2, -0.15) is 10.2 Å². The van der Waals surface area contributed by atoms with Crippen LogP contribution in [0.5, 0.6) is 0 Å². The molecule has 0 radical (unpaired) electrons. The number of carbonyl (C=O) groups is 1. The highest BCUT2D eigenvalue weighted by Crippen LogP contribution is 2.25. The Bertz CT molecular complexity index is 980. The fraction of sp³-hybridized carbons (Fsp3) is 0.381. The number of nitrogens with zero attached hydrogens (tertiary/aromatic N) is 3. The van der Waals surface area contributed by atoms with E-state index in [0.717, 1.165) is 35.5 Å². The minimum atomic E-state index is -0.212. The summed E-state index contributed by atoms with van der Waals surface area (Å²) in [6, 6.07) is 12.1. The third-order valence-electron chi connectivity index (χ3n) is 4.99. The third-order valence-corrected chi connectivity index (χ3v) is 4.99. The summed E-state index contributed by atoms with van der Waals surface area (Å²) in [5.74, 6) is 0.468. The largest absolute Gasteiger partial charge is 0.312 e. The molecule has 3 heterocycles. The van der Waals surface area contributed by atoms with Crippen molar-refractivity contribution < 1.29 is 4.79 Å². The van der Waals surface area contributed by atoms with Gasteiger partial charge < -0.3 is 10.6 Å². The van der Waals surface area contributed by atoms with Crippen LogP contribution in [0.2, 0.25) is 0 Å². The van der Waals surface area contributed by atoms with Crippen LogP contribution in [0.25, 0.3) is 0 Å². The number of carbonyl (C=O) groups excluding carboxylic acids is 1. The Morgan fingerprint density at radius 3 is 2.79 bits per heavy atom. The van der Waals surface area contributed by atoms with E-state index in [-0.39, 0.29) is 11.3 Å². The SMILES string of the molecule is CC(C)(C)c1cc(NC(=O)c2n[nH]c3c2CNCC3)n(Cc2ccccc2)n1. The first-order chi connectivity index (χ1) is 13.4. The van der Waals surface area contributed by atoms with Gasteiger partial charge in [-0.15, -0.1) is 0 Å². The zero-order valence-corrected chi connectivity index (χ0v) is 16.5. The molecule has 0 saturated heterocycles. The van der Waals surface area contributed by atoms with E-state index in [0.29, 0.717) is 24.6 Å². The van der Waals surface area contributed by atoms with Gasteiger partial charge in [0.2, 0.25) is 0 Å². The van der Waals surface area contributed by atoms with Gasteiger partial charge in [-0.25, -0.2) is 4.68 Å². The standard InChI is InChI=1S/C21H26N6O/c1-21(2,3)17-11-18(27(26-17)13-14-7-5-4-6-8-14)23-20(28)19-15-12-22-10-9-16(15)24-25-19/h4-8,11,22H,9-10,12-13H2,1-3H3,(H,23,28)(H,24,25). The zero-order valence-electron chi connectivity index (χ0n) is 16.5. The molecule has 0 unspecified atom stereocenters. The van der Waals surface area contributed by atoms with E-state index in [4.69, 9.17) is 5.10 Å². The fourth-order valence-corrected chi connectivity index (χ4v) is 3.35. The lowest BCUT2D eigenvalue weighted by Gasteiger charge is -2.14. The van der Waals surface area contributed by atoms with Crippen molar-refractivity contribution in [2.75, 3.05) is 11.9 Å². The minimum Gasteiger partial charge on any atom is -0.312 e. The first kappa shape index (κ1) is 18.4. The summed E-state index contributed by atoms with van der Waals surface area (Å²) in [6.45, 7) is 8.49. The Morgan fingerprint density at radius 1 is 1.25 bits per heavy atom. The second kappa shape index (κ2) is 7.24. The molecule has 0 saturated carbocycles. The summed E-state index contributed by atoms with van der Waals surface area (Å²) in [6.07, 6.45) is 0.857. The lowest BCUT2D eigenvalue weighted by Crippen LogP contribution is -2.25. The van der Waals surface area contributed by atoms with E-state index in [1.807, 2.05) is 28.9 Å². The molecule has 3 aromatic rings. The first-order valence-corrected chi connectivity index (χ1v) is 9.62. The van der Waals surface area contributed by atoms with Gasteiger partial charge in [0.05, 0.1) is 12.2 Å². The summed E-state index contributed by atoms with van der Waals surface area (Å²) < 4.78 is 1.85. The van der Waals surface area contributed by atoms with Crippen LogP contribution in [-0.4, -0.2) is 32.4 Å². The van der Waals surface area contributed by atoms with Crippen LogP contribution in [0.4, 0.5) is 5.82 Å². The van der Waals surface area contributed by atoms with E-state index in [2.05, 4.69) is 53.7 Å². The number of amides is 1. The van der Waals surface area contributed by atoms with Gasteiger partial charge in [0, 0.05) is 42.2 Å². The summed E-state index contributed by atoms with van der Waals surface area (Å²) in [5, 5.41) is 18.3. The maximum atomic E-state index is 12.9. The van der Waals surface area contributed by atoms with Crippen molar-refractivity contribution in [3.8, 4) is 0 Å². The molecule has 7 nitrogen and oxygen atoms in total. The number of aromatic nitrogens is 4. The number of aromatic amines is 1. The number of hydrogen-bond acceptors (Lipinski definition) is 4. The average molecular weight is 378 g/mol. The summed E-state index contributed by atoms with van der Waals surface area (Å²) >= 11 is 0. The Hall–Kier alpha value is -2.93. The number of rotatable bonds is 4. The summed E-state index contributed by atoms with van der Waals surface area (Å²) in [5.41, 5.74) is 4.39. The van der Waals surface area contributed by atoms with Gasteiger partial charge in [-0.1, -0.05) is 51.1 Å². The molecule has 1 amide bonds. The molecule has 1 aliphatic rings. The number of hydrogen-bond donors (Lipinski definition) is 3. The molecule has 4 rings (SSSR count). The maximum Gasteiger partial charge on any atom is 0.277 e. The van der Waals surface area contributed by atoms with Crippen LogP contribution in [0.3, 0.4) is 0 Å². The molecule has 0 aliphatic carbocycles. The number of anilines is 1. The molecule has 3 N–H and O–H groups in total.